The molecule has 1 N–H and O–H groups in total. The van der Waals surface area contributed by atoms with Gasteiger partial charge in [-0.15, -0.1) is 0 Å². The Hall–Kier alpha value is -2.90. The number of anilines is 1. The van der Waals surface area contributed by atoms with Gasteiger partial charge in [0.1, 0.15) is 0 Å². The van der Waals surface area contributed by atoms with Gasteiger partial charge in [0, 0.05) is 61.5 Å². The first-order chi connectivity index (χ1) is 16.0. The van der Waals surface area contributed by atoms with Crippen molar-refractivity contribution in [2.75, 3.05) is 51.1 Å². The smallest absolute Gasteiger partial charge is 0.253 e. The number of rotatable bonds is 5. The number of likely N-dealkylation sites (tertiary alicyclic amines) is 1. The highest BCUT2D eigenvalue weighted by Crippen LogP contribution is 2.20. The first-order valence-corrected chi connectivity index (χ1v) is 11.8. The van der Waals surface area contributed by atoms with Crippen molar-refractivity contribution in [3.63, 3.8) is 0 Å². The molecular formula is C25H29ClN4O3. The summed E-state index contributed by atoms with van der Waals surface area (Å²) >= 11 is 6.00. The highest BCUT2D eigenvalue weighted by Gasteiger charge is 2.29. The van der Waals surface area contributed by atoms with Crippen molar-refractivity contribution in [1.82, 2.24) is 14.7 Å². The number of hydrogen-bond donors (Lipinski definition) is 1. The molecule has 0 saturated carbocycles. The fourth-order valence-electron chi connectivity index (χ4n) is 4.36. The summed E-state index contributed by atoms with van der Waals surface area (Å²) in [4.78, 5) is 43.7. The molecule has 0 aliphatic carbocycles. The molecule has 2 aromatic carbocycles. The van der Waals surface area contributed by atoms with Gasteiger partial charge in [0.25, 0.3) is 5.91 Å². The summed E-state index contributed by atoms with van der Waals surface area (Å²) in [6, 6.07) is 16.4. The van der Waals surface area contributed by atoms with E-state index in [4.69, 9.17) is 11.6 Å². The number of piperazine rings is 1. The lowest BCUT2D eigenvalue weighted by atomic mass is 9.95. The van der Waals surface area contributed by atoms with Crippen molar-refractivity contribution < 1.29 is 14.4 Å². The fourth-order valence-corrected chi connectivity index (χ4v) is 4.55. The van der Waals surface area contributed by atoms with Gasteiger partial charge >= 0.3 is 0 Å². The molecule has 2 aliphatic heterocycles. The number of amides is 3. The highest BCUT2D eigenvalue weighted by molar-refractivity contribution is 6.30. The third kappa shape index (κ3) is 6.12. The minimum atomic E-state index is -0.0738. The van der Waals surface area contributed by atoms with Crippen LogP contribution in [0.4, 0.5) is 5.69 Å². The van der Waals surface area contributed by atoms with Crippen LogP contribution in [0.15, 0.2) is 54.6 Å². The molecule has 0 bridgehead atoms. The predicted molar refractivity (Wildman–Crippen MR) is 128 cm³/mol. The van der Waals surface area contributed by atoms with E-state index in [1.165, 1.54) is 0 Å². The number of nitrogens with zero attached hydrogens (tertiary/aromatic N) is 3. The standard InChI is InChI=1S/C25H29ClN4O3/c26-21-6-4-5-20(17-21)25(33)30-15-13-28(14-16-30)18-23(31)29-11-9-19(10-12-29)24(32)27-22-7-2-1-3-8-22/h1-8,17,19H,9-16,18H2,(H,27,32). The quantitative estimate of drug-likeness (QED) is 0.732. The van der Waals surface area contributed by atoms with Gasteiger partial charge in [-0.05, 0) is 43.2 Å². The average Bonchev–Trinajstić information content (AvgIpc) is 2.85. The van der Waals surface area contributed by atoms with Gasteiger partial charge in [0.2, 0.25) is 11.8 Å². The van der Waals surface area contributed by atoms with E-state index in [1.807, 2.05) is 40.1 Å². The van der Waals surface area contributed by atoms with E-state index in [1.54, 1.807) is 24.3 Å². The predicted octanol–water partition coefficient (Wildman–Crippen LogP) is 2.98. The summed E-state index contributed by atoms with van der Waals surface area (Å²) in [5, 5.41) is 3.51. The van der Waals surface area contributed by atoms with Crippen LogP contribution in [0.25, 0.3) is 0 Å². The normalized spacial score (nSPS) is 17.6. The van der Waals surface area contributed by atoms with Crippen molar-refractivity contribution in [2.24, 2.45) is 5.92 Å². The Labute approximate surface area is 199 Å². The second kappa shape index (κ2) is 10.8. The van der Waals surface area contributed by atoms with Crippen LogP contribution in [0, 0.1) is 5.92 Å². The van der Waals surface area contributed by atoms with Crippen LogP contribution in [0.5, 0.6) is 0 Å². The SMILES string of the molecule is O=C(Nc1ccccc1)C1CCN(C(=O)CN2CCN(C(=O)c3cccc(Cl)c3)CC2)CC1. The number of para-hydroxylation sites is 1. The Kier molecular flexibility index (Phi) is 7.62. The van der Waals surface area contributed by atoms with Crippen LogP contribution in [-0.4, -0.2) is 78.2 Å². The zero-order valence-electron chi connectivity index (χ0n) is 18.6. The summed E-state index contributed by atoms with van der Waals surface area (Å²) < 4.78 is 0. The molecule has 2 heterocycles. The van der Waals surface area contributed by atoms with Crippen LogP contribution in [0.2, 0.25) is 5.02 Å². The van der Waals surface area contributed by atoms with Crippen molar-refractivity contribution >= 4 is 35.0 Å². The lowest BCUT2D eigenvalue weighted by molar-refractivity contribution is -0.135. The van der Waals surface area contributed by atoms with Crippen LogP contribution < -0.4 is 5.32 Å². The Balaban J connectivity index is 1.19. The number of benzene rings is 2. The molecule has 0 atom stereocenters. The average molecular weight is 469 g/mol. The number of carbonyl (C=O) groups excluding carboxylic acids is 3. The molecule has 0 spiro atoms. The van der Waals surface area contributed by atoms with Crippen LogP contribution in [0.1, 0.15) is 23.2 Å². The monoisotopic (exact) mass is 468 g/mol. The summed E-state index contributed by atoms with van der Waals surface area (Å²) in [5.74, 6) is 0.00922. The molecule has 174 valence electrons. The van der Waals surface area contributed by atoms with Gasteiger partial charge in [-0.1, -0.05) is 35.9 Å². The first-order valence-electron chi connectivity index (χ1n) is 11.4. The summed E-state index contributed by atoms with van der Waals surface area (Å²) in [6.07, 6.45) is 1.35. The first kappa shape index (κ1) is 23.3. The molecule has 0 unspecified atom stereocenters. The Morgan fingerprint density at radius 3 is 2.21 bits per heavy atom. The van der Waals surface area contributed by atoms with E-state index in [0.29, 0.717) is 69.2 Å². The largest absolute Gasteiger partial charge is 0.342 e. The molecular weight excluding hydrogens is 440 g/mol. The van der Waals surface area contributed by atoms with Crippen molar-refractivity contribution in [3.05, 3.63) is 65.2 Å². The molecule has 2 aliphatic rings. The third-order valence-electron chi connectivity index (χ3n) is 6.35. The maximum absolute atomic E-state index is 12.8. The molecule has 8 heteroatoms. The number of carbonyl (C=O) groups is 3. The highest BCUT2D eigenvalue weighted by atomic mass is 35.5. The topological polar surface area (TPSA) is 73.0 Å². The molecule has 4 rings (SSSR count). The van der Waals surface area contributed by atoms with Crippen molar-refractivity contribution in [2.45, 2.75) is 12.8 Å². The number of halogens is 1. The van der Waals surface area contributed by atoms with Gasteiger partial charge in [0.05, 0.1) is 6.54 Å². The zero-order valence-corrected chi connectivity index (χ0v) is 19.3. The van der Waals surface area contributed by atoms with Crippen LogP contribution in [-0.2, 0) is 9.59 Å². The number of nitrogens with one attached hydrogen (secondary N) is 1. The van der Waals surface area contributed by atoms with Crippen LogP contribution >= 0.6 is 11.6 Å². The minimum absolute atomic E-state index is 0.0220. The van der Waals surface area contributed by atoms with Crippen LogP contribution in [0.3, 0.4) is 0 Å². The summed E-state index contributed by atoms with van der Waals surface area (Å²) in [5.41, 5.74) is 1.39. The lowest BCUT2D eigenvalue weighted by Gasteiger charge is -2.37. The number of hydrogen-bond acceptors (Lipinski definition) is 4. The maximum atomic E-state index is 12.8. The van der Waals surface area contributed by atoms with E-state index < -0.39 is 0 Å². The molecule has 0 aromatic heterocycles. The number of piperidine rings is 1. The van der Waals surface area contributed by atoms with E-state index in [-0.39, 0.29) is 23.6 Å². The minimum Gasteiger partial charge on any atom is -0.342 e. The van der Waals surface area contributed by atoms with E-state index >= 15 is 0 Å². The molecule has 2 fully saturated rings. The van der Waals surface area contributed by atoms with Gasteiger partial charge in [-0.25, -0.2) is 0 Å². The van der Waals surface area contributed by atoms with Gasteiger partial charge in [-0.2, -0.15) is 0 Å². The van der Waals surface area contributed by atoms with Gasteiger partial charge in [0.15, 0.2) is 0 Å². The molecule has 2 saturated heterocycles. The van der Waals surface area contributed by atoms with Gasteiger partial charge < -0.3 is 15.1 Å². The van der Waals surface area contributed by atoms with Crippen molar-refractivity contribution in [1.29, 1.82) is 0 Å². The Morgan fingerprint density at radius 1 is 0.848 bits per heavy atom. The second-order valence-electron chi connectivity index (χ2n) is 8.59. The summed E-state index contributed by atoms with van der Waals surface area (Å²) in [6.45, 7) is 4.03. The maximum Gasteiger partial charge on any atom is 0.253 e. The van der Waals surface area contributed by atoms with E-state index in [2.05, 4.69) is 10.2 Å². The molecule has 0 radical (unpaired) electrons. The molecule has 33 heavy (non-hydrogen) atoms. The summed E-state index contributed by atoms with van der Waals surface area (Å²) in [7, 11) is 0. The zero-order chi connectivity index (χ0) is 23.2. The fraction of sp³-hybridized carbons (Fsp3) is 0.400. The lowest BCUT2D eigenvalue weighted by Crippen LogP contribution is -2.52. The van der Waals surface area contributed by atoms with E-state index in [0.717, 1.165) is 5.69 Å². The second-order valence-corrected chi connectivity index (χ2v) is 9.03. The Bertz CT molecular complexity index is 984. The molecule has 7 nitrogen and oxygen atoms in total. The Morgan fingerprint density at radius 2 is 1.55 bits per heavy atom. The molecule has 2 aromatic rings. The van der Waals surface area contributed by atoms with Crippen molar-refractivity contribution in [3.8, 4) is 0 Å². The molecule has 3 amide bonds. The third-order valence-corrected chi connectivity index (χ3v) is 6.58. The van der Waals surface area contributed by atoms with E-state index in [9.17, 15) is 14.4 Å². The van der Waals surface area contributed by atoms with Gasteiger partial charge in [-0.3, -0.25) is 19.3 Å².